The zero-order valence-corrected chi connectivity index (χ0v) is 13.4. The fraction of sp³-hybridized carbons (Fsp3) is 0.611. The van der Waals surface area contributed by atoms with Gasteiger partial charge in [0.1, 0.15) is 0 Å². The molecule has 1 atom stereocenters. The van der Waals surface area contributed by atoms with Crippen molar-refractivity contribution in [3.05, 3.63) is 34.9 Å². The van der Waals surface area contributed by atoms with Gasteiger partial charge >= 0.3 is 0 Å². The highest BCUT2D eigenvalue weighted by Gasteiger charge is 2.23. The maximum atomic E-state index is 12.2. The molecule has 0 radical (unpaired) electrons. The fourth-order valence-corrected chi connectivity index (χ4v) is 3.20. The standard InChI is InChI=1S/C18H27NO2/c1-13(2)11-18(3,21)12-19-17(20)16-9-8-14-6-4-5-7-15(14)10-16/h8-10,13,21H,4-7,11-12H2,1-3H3,(H,19,20). The number of nitrogens with one attached hydrogen (secondary N) is 1. The van der Waals surface area contributed by atoms with Gasteiger partial charge in [0, 0.05) is 12.1 Å². The third-order valence-corrected chi connectivity index (χ3v) is 4.09. The Hall–Kier alpha value is -1.35. The SMILES string of the molecule is CC(C)CC(C)(O)CNC(=O)c1ccc2c(c1)CCCC2. The molecule has 2 N–H and O–H groups in total. The average molecular weight is 289 g/mol. The van der Waals surface area contributed by atoms with Crippen LogP contribution in [0, 0.1) is 5.92 Å². The lowest BCUT2D eigenvalue weighted by atomic mass is 9.90. The molecular formula is C18H27NO2. The lowest BCUT2D eigenvalue weighted by Gasteiger charge is -2.25. The minimum absolute atomic E-state index is 0.0904. The largest absolute Gasteiger partial charge is 0.388 e. The minimum atomic E-state index is -0.849. The molecule has 2 rings (SSSR count). The van der Waals surface area contributed by atoms with Gasteiger partial charge in [0.2, 0.25) is 0 Å². The third kappa shape index (κ3) is 4.57. The summed E-state index contributed by atoms with van der Waals surface area (Å²) in [6.45, 7) is 6.21. The Balaban J connectivity index is 1.97. The van der Waals surface area contributed by atoms with Crippen molar-refractivity contribution in [1.29, 1.82) is 0 Å². The van der Waals surface area contributed by atoms with Crippen molar-refractivity contribution >= 4 is 5.91 Å². The Kier molecular flexibility index (Phi) is 5.04. The minimum Gasteiger partial charge on any atom is -0.388 e. The molecule has 1 aliphatic rings. The summed E-state index contributed by atoms with van der Waals surface area (Å²) in [6.07, 6.45) is 5.33. The van der Waals surface area contributed by atoms with Gasteiger partial charge in [0.25, 0.3) is 5.91 Å². The van der Waals surface area contributed by atoms with Gasteiger partial charge in [-0.2, -0.15) is 0 Å². The summed E-state index contributed by atoms with van der Waals surface area (Å²) in [7, 11) is 0. The van der Waals surface area contributed by atoms with Gasteiger partial charge in [0.15, 0.2) is 0 Å². The molecule has 1 aromatic rings. The summed E-state index contributed by atoms with van der Waals surface area (Å²) in [4.78, 5) is 12.2. The average Bonchev–Trinajstić information content (AvgIpc) is 2.43. The van der Waals surface area contributed by atoms with Crippen LogP contribution in [-0.2, 0) is 12.8 Å². The van der Waals surface area contributed by atoms with Gasteiger partial charge in [-0.1, -0.05) is 19.9 Å². The zero-order valence-electron chi connectivity index (χ0n) is 13.4. The van der Waals surface area contributed by atoms with Gasteiger partial charge in [-0.15, -0.1) is 0 Å². The first-order chi connectivity index (χ1) is 9.87. The molecule has 0 aromatic heterocycles. The molecule has 0 fully saturated rings. The first-order valence-electron chi connectivity index (χ1n) is 8.00. The van der Waals surface area contributed by atoms with E-state index in [4.69, 9.17) is 0 Å². The Labute approximate surface area is 127 Å². The first kappa shape index (κ1) is 16.0. The number of hydrogen-bond donors (Lipinski definition) is 2. The summed E-state index contributed by atoms with van der Waals surface area (Å²) in [6, 6.07) is 5.99. The number of hydrogen-bond acceptors (Lipinski definition) is 2. The van der Waals surface area contributed by atoms with Crippen LogP contribution in [0.15, 0.2) is 18.2 Å². The number of aryl methyl sites for hydroxylation is 2. The van der Waals surface area contributed by atoms with E-state index in [1.807, 2.05) is 12.1 Å². The molecule has 1 amide bonds. The van der Waals surface area contributed by atoms with E-state index in [1.165, 1.54) is 24.0 Å². The van der Waals surface area contributed by atoms with E-state index < -0.39 is 5.60 Å². The van der Waals surface area contributed by atoms with Gasteiger partial charge in [-0.05, 0) is 68.2 Å². The molecule has 3 nitrogen and oxygen atoms in total. The maximum Gasteiger partial charge on any atom is 0.251 e. The van der Waals surface area contributed by atoms with E-state index in [1.54, 1.807) is 6.92 Å². The van der Waals surface area contributed by atoms with Gasteiger partial charge < -0.3 is 10.4 Å². The van der Waals surface area contributed by atoms with Crippen LogP contribution in [0.4, 0.5) is 0 Å². The summed E-state index contributed by atoms with van der Waals surface area (Å²) in [5.74, 6) is 0.313. The van der Waals surface area contributed by atoms with E-state index in [-0.39, 0.29) is 5.91 Å². The molecule has 3 heteroatoms. The smallest absolute Gasteiger partial charge is 0.251 e. The Morgan fingerprint density at radius 1 is 1.29 bits per heavy atom. The number of amides is 1. The van der Waals surface area contributed by atoms with Crippen LogP contribution in [0.25, 0.3) is 0 Å². The second kappa shape index (κ2) is 6.61. The topological polar surface area (TPSA) is 49.3 Å². The summed E-state index contributed by atoms with van der Waals surface area (Å²) in [5.41, 5.74) is 2.54. The molecule has 116 valence electrons. The number of benzene rings is 1. The molecule has 1 unspecified atom stereocenters. The lowest BCUT2D eigenvalue weighted by molar-refractivity contribution is 0.0368. The lowest BCUT2D eigenvalue weighted by Crippen LogP contribution is -2.41. The first-order valence-corrected chi connectivity index (χ1v) is 8.00. The number of carbonyl (C=O) groups is 1. The third-order valence-electron chi connectivity index (χ3n) is 4.09. The van der Waals surface area contributed by atoms with E-state index in [0.29, 0.717) is 24.4 Å². The summed E-state index contributed by atoms with van der Waals surface area (Å²) >= 11 is 0. The number of rotatable bonds is 5. The van der Waals surface area contributed by atoms with Crippen molar-refractivity contribution in [2.24, 2.45) is 5.92 Å². The molecule has 0 spiro atoms. The highest BCUT2D eigenvalue weighted by molar-refractivity contribution is 5.94. The van der Waals surface area contributed by atoms with E-state index in [2.05, 4.69) is 25.2 Å². The van der Waals surface area contributed by atoms with Gasteiger partial charge in [-0.25, -0.2) is 0 Å². The quantitative estimate of drug-likeness (QED) is 0.875. The van der Waals surface area contributed by atoms with Crippen molar-refractivity contribution in [3.63, 3.8) is 0 Å². The number of carbonyl (C=O) groups excluding carboxylic acids is 1. The number of aliphatic hydroxyl groups is 1. The molecule has 0 bridgehead atoms. The van der Waals surface area contributed by atoms with Crippen LogP contribution in [0.5, 0.6) is 0 Å². The van der Waals surface area contributed by atoms with E-state index in [0.717, 1.165) is 12.8 Å². The van der Waals surface area contributed by atoms with Crippen LogP contribution in [0.3, 0.4) is 0 Å². The van der Waals surface area contributed by atoms with Crippen molar-refractivity contribution in [3.8, 4) is 0 Å². The summed E-state index contributed by atoms with van der Waals surface area (Å²) < 4.78 is 0. The highest BCUT2D eigenvalue weighted by Crippen LogP contribution is 2.22. The molecule has 0 aliphatic heterocycles. The normalized spacial score (nSPS) is 17.2. The molecule has 0 heterocycles. The maximum absolute atomic E-state index is 12.2. The molecule has 1 aliphatic carbocycles. The van der Waals surface area contributed by atoms with Crippen LogP contribution < -0.4 is 5.32 Å². The fourth-order valence-electron chi connectivity index (χ4n) is 3.20. The molecule has 0 saturated carbocycles. The summed E-state index contributed by atoms with van der Waals surface area (Å²) in [5, 5.41) is 13.1. The zero-order chi connectivity index (χ0) is 15.5. The molecular weight excluding hydrogens is 262 g/mol. The van der Waals surface area contributed by atoms with Gasteiger partial charge in [0.05, 0.1) is 5.60 Å². The van der Waals surface area contributed by atoms with Crippen LogP contribution in [0.2, 0.25) is 0 Å². The molecule has 21 heavy (non-hydrogen) atoms. The van der Waals surface area contributed by atoms with Crippen LogP contribution >= 0.6 is 0 Å². The van der Waals surface area contributed by atoms with Crippen molar-refractivity contribution in [2.75, 3.05) is 6.54 Å². The second-order valence-electron chi connectivity index (χ2n) is 6.97. The van der Waals surface area contributed by atoms with Crippen molar-refractivity contribution in [1.82, 2.24) is 5.32 Å². The van der Waals surface area contributed by atoms with Crippen molar-refractivity contribution < 1.29 is 9.90 Å². The van der Waals surface area contributed by atoms with Crippen molar-refractivity contribution in [2.45, 2.75) is 58.5 Å². The predicted octanol–water partition coefficient (Wildman–Crippen LogP) is 3.09. The highest BCUT2D eigenvalue weighted by atomic mass is 16.3. The second-order valence-corrected chi connectivity index (χ2v) is 6.97. The van der Waals surface area contributed by atoms with E-state index >= 15 is 0 Å². The van der Waals surface area contributed by atoms with Crippen LogP contribution in [0.1, 0.15) is 61.5 Å². The molecule has 0 saturated heterocycles. The van der Waals surface area contributed by atoms with Crippen LogP contribution in [-0.4, -0.2) is 23.2 Å². The Morgan fingerprint density at radius 2 is 1.95 bits per heavy atom. The Bertz CT molecular complexity index is 506. The molecule has 1 aromatic carbocycles. The Morgan fingerprint density at radius 3 is 2.62 bits per heavy atom. The monoisotopic (exact) mass is 289 g/mol. The number of fused-ring (bicyclic) bond motifs is 1. The van der Waals surface area contributed by atoms with Gasteiger partial charge in [-0.3, -0.25) is 4.79 Å². The van der Waals surface area contributed by atoms with E-state index in [9.17, 15) is 9.90 Å². The predicted molar refractivity (Wildman–Crippen MR) is 85.5 cm³/mol.